The Labute approximate surface area is 128 Å². The molecule has 6 nitrogen and oxygen atoms in total. The van der Waals surface area contributed by atoms with E-state index in [4.69, 9.17) is 0 Å². The monoisotopic (exact) mass is 297 g/mol. The Hall–Kier alpha value is -2.63. The Morgan fingerprint density at radius 2 is 2.09 bits per heavy atom. The number of carbonyl (C=O) groups excluding carboxylic acids is 1. The number of nitrogens with one attached hydrogen (secondary N) is 2. The van der Waals surface area contributed by atoms with Crippen molar-refractivity contribution in [3.63, 3.8) is 0 Å². The summed E-state index contributed by atoms with van der Waals surface area (Å²) in [6, 6.07) is 9.51. The lowest BCUT2D eigenvalue weighted by atomic mass is 10.1. The number of aryl methyl sites for hydroxylation is 1. The van der Waals surface area contributed by atoms with Crippen LogP contribution in [0.3, 0.4) is 0 Å². The van der Waals surface area contributed by atoms with E-state index in [1.54, 1.807) is 4.63 Å². The van der Waals surface area contributed by atoms with Crippen molar-refractivity contribution in [3.8, 4) is 11.4 Å². The van der Waals surface area contributed by atoms with Gasteiger partial charge in [-0.05, 0) is 37.6 Å². The standard InChI is InChI=1S/C16H19N5O/c1-4-10(2)16(22)17-13-7-5-12(6-8-13)15-18-14-9-11(3)19-21(14)20-15/h5-10,19H,4H2,1-3H3,(H,17,22). The fraction of sp³-hybridized carbons (Fsp3) is 0.312. The van der Waals surface area contributed by atoms with Gasteiger partial charge >= 0.3 is 0 Å². The smallest absolute Gasteiger partial charge is 0.227 e. The van der Waals surface area contributed by atoms with Crippen LogP contribution in [0.15, 0.2) is 30.3 Å². The van der Waals surface area contributed by atoms with Crippen molar-refractivity contribution in [2.24, 2.45) is 5.92 Å². The van der Waals surface area contributed by atoms with Crippen LogP contribution in [0, 0.1) is 12.8 Å². The molecule has 1 atom stereocenters. The van der Waals surface area contributed by atoms with Gasteiger partial charge in [-0.15, -0.1) is 5.10 Å². The van der Waals surface area contributed by atoms with Gasteiger partial charge in [0.1, 0.15) is 0 Å². The molecular weight excluding hydrogens is 278 g/mol. The van der Waals surface area contributed by atoms with E-state index in [1.165, 1.54) is 0 Å². The minimum Gasteiger partial charge on any atom is -0.326 e. The molecule has 0 saturated carbocycles. The fourth-order valence-electron chi connectivity index (χ4n) is 2.17. The highest BCUT2D eigenvalue weighted by atomic mass is 16.1. The summed E-state index contributed by atoms with van der Waals surface area (Å²) < 4.78 is 1.66. The summed E-state index contributed by atoms with van der Waals surface area (Å²) in [5.41, 5.74) is 3.51. The Kier molecular flexibility index (Phi) is 3.66. The first-order valence-electron chi connectivity index (χ1n) is 7.40. The van der Waals surface area contributed by atoms with Crippen molar-refractivity contribution < 1.29 is 4.79 Å². The van der Waals surface area contributed by atoms with Crippen LogP contribution in [-0.2, 0) is 4.79 Å². The predicted molar refractivity (Wildman–Crippen MR) is 85.6 cm³/mol. The summed E-state index contributed by atoms with van der Waals surface area (Å²) in [5.74, 6) is 0.712. The lowest BCUT2D eigenvalue weighted by Crippen LogP contribution is -2.19. The fourth-order valence-corrected chi connectivity index (χ4v) is 2.17. The van der Waals surface area contributed by atoms with Gasteiger partial charge in [0.25, 0.3) is 0 Å². The normalized spacial score (nSPS) is 12.5. The van der Waals surface area contributed by atoms with Crippen LogP contribution in [0.1, 0.15) is 26.0 Å². The van der Waals surface area contributed by atoms with Crippen molar-refractivity contribution in [1.29, 1.82) is 0 Å². The molecule has 0 aliphatic heterocycles. The van der Waals surface area contributed by atoms with Gasteiger partial charge in [0.2, 0.25) is 5.91 Å². The number of H-pyrrole nitrogens is 1. The van der Waals surface area contributed by atoms with E-state index in [0.717, 1.165) is 29.0 Å². The first-order valence-corrected chi connectivity index (χ1v) is 7.40. The number of benzene rings is 1. The van der Waals surface area contributed by atoms with E-state index in [1.807, 2.05) is 51.1 Å². The van der Waals surface area contributed by atoms with Gasteiger partial charge in [0.05, 0.1) is 0 Å². The summed E-state index contributed by atoms with van der Waals surface area (Å²) in [6.07, 6.45) is 0.827. The van der Waals surface area contributed by atoms with Gasteiger partial charge in [-0.2, -0.15) is 4.63 Å². The number of anilines is 1. The number of carbonyl (C=O) groups is 1. The molecule has 6 heteroatoms. The minimum atomic E-state index is 0.0126. The number of amides is 1. The third-order valence-corrected chi connectivity index (χ3v) is 3.73. The highest BCUT2D eigenvalue weighted by Gasteiger charge is 2.11. The zero-order valence-corrected chi connectivity index (χ0v) is 12.9. The highest BCUT2D eigenvalue weighted by Crippen LogP contribution is 2.20. The Balaban J connectivity index is 1.78. The minimum absolute atomic E-state index is 0.0126. The average molecular weight is 297 g/mol. The molecule has 1 amide bonds. The van der Waals surface area contributed by atoms with E-state index < -0.39 is 0 Å². The molecule has 2 N–H and O–H groups in total. The first kappa shape index (κ1) is 14.3. The second kappa shape index (κ2) is 5.63. The molecule has 22 heavy (non-hydrogen) atoms. The van der Waals surface area contributed by atoms with Gasteiger partial charge in [-0.1, -0.05) is 13.8 Å². The number of hydrogen-bond acceptors (Lipinski definition) is 3. The Morgan fingerprint density at radius 1 is 1.36 bits per heavy atom. The summed E-state index contributed by atoms with van der Waals surface area (Å²) >= 11 is 0. The zero-order chi connectivity index (χ0) is 15.7. The second-order valence-electron chi connectivity index (χ2n) is 5.52. The quantitative estimate of drug-likeness (QED) is 0.777. The van der Waals surface area contributed by atoms with E-state index in [2.05, 4.69) is 20.5 Å². The lowest BCUT2D eigenvalue weighted by Gasteiger charge is -2.09. The third kappa shape index (κ3) is 2.72. The predicted octanol–water partition coefficient (Wildman–Crippen LogP) is 3.02. The highest BCUT2D eigenvalue weighted by molar-refractivity contribution is 5.92. The van der Waals surface area contributed by atoms with Crippen molar-refractivity contribution >= 4 is 17.2 Å². The molecule has 2 aromatic heterocycles. The van der Waals surface area contributed by atoms with Crippen LogP contribution in [0.5, 0.6) is 0 Å². The largest absolute Gasteiger partial charge is 0.326 e. The molecule has 114 valence electrons. The van der Waals surface area contributed by atoms with Gasteiger partial charge in [-0.25, -0.2) is 4.98 Å². The molecule has 0 aliphatic carbocycles. The van der Waals surface area contributed by atoms with Crippen LogP contribution in [0.4, 0.5) is 5.69 Å². The van der Waals surface area contributed by atoms with Crippen LogP contribution < -0.4 is 5.32 Å². The maximum absolute atomic E-state index is 11.9. The molecule has 1 aromatic carbocycles. The van der Waals surface area contributed by atoms with Gasteiger partial charge in [-0.3, -0.25) is 9.89 Å². The van der Waals surface area contributed by atoms with Crippen molar-refractivity contribution in [2.75, 3.05) is 5.32 Å². The molecule has 0 saturated heterocycles. The van der Waals surface area contributed by atoms with Crippen LogP contribution in [0.25, 0.3) is 17.0 Å². The summed E-state index contributed by atoms with van der Waals surface area (Å²) in [4.78, 5) is 16.3. The van der Waals surface area contributed by atoms with Crippen molar-refractivity contribution in [3.05, 3.63) is 36.0 Å². The maximum atomic E-state index is 11.9. The van der Waals surface area contributed by atoms with Crippen LogP contribution >= 0.6 is 0 Å². The maximum Gasteiger partial charge on any atom is 0.227 e. The number of nitrogens with zero attached hydrogens (tertiary/aromatic N) is 3. The van der Waals surface area contributed by atoms with E-state index in [0.29, 0.717) is 5.82 Å². The SMILES string of the molecule is CCC(C)C(=O)Nc1ccc(-c2nc3cc(C)[nH]n3n2)cc1. The van der Waals surface area contributed by atoms with Crippen molar-refractivity contribution in [1.82, 2.24) is 19.8 Å². The third-order valence-electron chi connectivity index (χ3n) is 3.73. The second-order valence-corrected chi connectivity index (χ2v) is 5.52. The van der Waals surface area contributed by atoms with Crippen molar-refractivity contribution in [2.45, 2.75) is 27.2 Å². The topological polar surface area (TPSA) is 75.1 Å². The number of hydrogen-bond donors (Lipinski definition) is 2. The van der Waals surface area contributed by atoms with E-state index in [9.17, 15) is 4.79 Å². The molecule has 0 aliphatic rings. The molecule has 2 heterocycles. The number of aromatic nitrogens is 4. The number of fused-ring (bicyclic) bond motifs is 1. The molecule has 1 unspecified atom stereocenters. The summed E-state index contributed by atoms with van der Waals surface area (Å²) in [5, 5.41) is 10.4. The Bertz CT molecular complexity index is 768. The van der Waals surface area contributed by atoms with Crippen LogP contribution in [-0.4, -0.2) is 25.7 Å². The molecule has 0 spiro atoms. The van der Waals surface area contributed by atoms with Gasteiger partial charge < -0.3 is 5.32 Å². The van der Waals surface area contributed by atoms with E-state index >= 15 is 0 Å². The number of rotatable bonds is 4. The summed E-state index contributed by atoms with van der Waals surface area (Å²) in [6.45, 7) is 5.88. The molecule has 3 aromatic rings. The summed E-state index contributed by atoms with van der Waals surface area (Å²) in [7, 11) is 0. The lowest BCUT2D eigenvalue weighted by molar-refractivity contribution is -0.119. The Morgan fingerprint density at radius 3 is 2.73 bits per heavy atom. The molecule has 0 fully saturated rings. The van der Waals surface area contributed by atoms with E-state index in [-0.39, 0.29) is 11.8 Å². The first-order chi connectivity index (χ1) is 10.6. The van der Waals surface area contributed by atoms with Gasteiger partial charge in [0, 0.05) is 28.9 Å². The average Bonchev–Trinajstić information content (AvgIpc) is 3.04. The molecular formula is C16H19N5O. The molecule has 0 bridgehead atoms. The number of aromatic amines is 1. The van der Waals surface area contributed by atoms with Gasteiger partial charge in [0.15, 0.2) is 11.5 Å². The zero-order valence-electron chi connectivity index (χ0n) is 12.9. The molecule has 3 rings (SSSR count). The van der Waals surface area contributed by atoms with Crippen LogP contribution in [0.2, 0.25) is 0 Å². The molecule has 0 radical (unpaired) electrons.